The second-order valence-electron chi connectivity index (χ2n) is 6.16. The van der Waals surface area contributed by atoms with Crippen molar-refractivity contribution in [1.82, 2.24) is 25.0 Å². The summed E-state index contributed by atoms with van der Waals surface area (Å²) in [5.41, 5.74) is 0.930. The maximum Gasteiger partial charge on any atom is 0.387 e. The fraction of sp³-hybridized carbons (Fsp3) is 0.500. The Balaban J connectivity index is 0.00000420. The smallest absolute Gasteiger partial charge is 0.387 e. The lowest BCUT2D eigenvalue weighted by molar-refractivity contribution is -0.0498. The number of nitrogens with zero attached hydrogens (tertiary/aromatic N) is 5. The molecule has 0 atom stereocenters. The van der Waals surface area contributed by atoms with Crippen molar-refractivity contribution < 1.29 is 18.3 Å². The van der Waals surface area contributed by atoms with Gasteiger partial charge < -0.3 is 24.3 Å². The van der Waals surface area contributed by atoms with Crippen molar-refractivity contribution in [2.45, 2.75) is 26.6 Å². The molecule has 0 saturated carbocycles. The minimum absolute atomic E-state index is 0. The Morgan fingerprint density at radius 1 is 1.28 bits per heavy atom. The quantitative estimate of drug-likeness (QED) is 0.235. The third-order valence-electron chi connectivity index (χ3n) is 4.07. The molecule has 0 amide bonds. The molecule has 2 aromatic rings. The van der Waals surface area contributed by atoms with Crippen LogP contribution in [0.25, 0.3) is 0 Å². The van der Waals surface area contributed by atoms with Crippen LogP contribution in [0.2, 0.25) is 0 Å². The molecular formula is C18H27F2IN6O2. The number of methoxy groups -OCH3 is 1. The molecule has 0 aliphatic heterocycles. The van der Waals surface area contributed by atoms with Gasteiger partial charge in [0, 0.05) is 34.3 Å². The summed E-state index contributed by atoms with van der Waals surface area (Å²) in [5, 5.41) is 11.4. The van der Waals surface area contributed by atoms with E-state index in [0.717, 1.165) is 17.2 Å². The molecule has 2 rings (SSSR count). The summed E-state index contributed by atoms with van der Waals surface area (Å²) in [7, 11) is 5.42. The van der Waals surface area contributed by atoms with Gasteiger partial charge in [-0.25, -0.2) is 4.99 Å². The standard InChI is InChI=1S/C18H26F2N6O2.HI/c1-13-23-24-16(26(13)3)11-22-18(21-9-10-27-4)25(2)12-14-5-7-15(8-6-14)28-17(19)20;/h5-8,17H,9-12H2,1-4H3,(H,21,22);1H. The number of hydrogen-bond donors (Lipinski definition) is 1. The topological polar surface area (TPSA) is 76.8 Å². The summed E-state index contributed by atoms with van der Waals surface area (Å²) in [6, 6.07) is 6.53. The number of nitrogens with one attached hydrogen (secondary N) is 1. The molecule has 0 bridgehead atoms. The molecule has 0 aliphatic rings. The summed E-state index contributed by atoms with van der Waals surface area (Å²) in [6.45, 7) is 1.09. The molecule has 1 aromatic heterocycles. The third kappa shape index (κ3) is 8.09. The third-order valence-corrected chi connectivity index (χ3v) is 4.07. The highest BCUT2D eigenvalue weighted by Crippen LogP contribution is 2.15. The molecule has 0 saturated heterocycles. The van der Waals surface area contributed by atoms with Gasteiger partial charge in [-0.05, 0) is 24.6 Å². The summed E-state index contributed by atoms with van der Waals surface area (Å²) in [5.74, 6) is 2.38. The monoisotopic (exact) mass is 524 g/mol. The molecule has 0 spiro atoms. The highest BCUT2D eigenvalue weighted by Gasteiger charge is 2.10. The Bertz CT molecular complexity index is 770. The van der Waals surface area contributed by atoms with E-state index in [9.17, 15) is 8.78 Å². The van der Waals surface area contributed by atoms with Crippen LogP contribution in [-0.4, -0.2) is 59.5 Å². The second kappa shape index (κ2) is 12.5. The first-order valence-electron chi connectivity index (χ1n) is 8.77. The predicted molar refractivity (Wildman–Crippen MR) is 117 cm³/mol. The van der Waals surface area contributed by atoms with Crippen molar-refractivity contribution in [2.24, 2.45) is 12.0 Å². The van der Waals surface area contributed by atoms with Crippen LogP contribution in [0, 0.1) is 6.92 Å². The minimum Gasteiger partial charge on any atom is -0.435 e. The molecule has 0 aliphatic carbocycles. The van der Waals surface area contributed by atoms with Gasteiger partial charge >= 0.3 is 6.61 Å². The lowest BCUT2D eigenvalue weighted by atomic mass is 10.2. The molecule has 1 aromatic carbocycles. The Kier molecular flexibility index (Phi) is 10.8. The van der Waals surface area contributed by atoms with E-state index >= 15 is 0 Å². The van der Waals surface area contributed by atoms with Gasteiger partial charge in [-0.2, -0.15) is 8.78 Å². The Morgan fingerprint density at radius 2 is 1.97 bits per heavy atom. The molecule has 1 N–H and O–H groups in total. The van der Waals surface area contributed by atoms with Crippen LogP contribution in [-0.2, 0) is 24.9 Å². The van der Waals surface area contributed by atoms with Crippen LogP contribution >= 0.6 is 24.0 Å². The lowest BCUT2D eigenvalue weighted by Crippen LogP contribution is -2.40. The Hall–Kier alpha value is -2.02. The van der Waals surface area contributed by atoms with Gasteiger partial charge in [-0.1, -0.05) is 12.1 Å². The van der Waals surface area contributed by atoms with Crippen LogP contribution in [0.3, 0.4) is 0 Å². The zero-order chi connectivity index (χ0) is 20.5. The van der Waals surface area contributed by atoms with Crippen LogP contribution in [0.4, 0.5) is 8.78 Å². The van der Waals surface area contributed by atoms with Gasteiger partial charge in [0.25, 0.3) is 0 Å². The molecule has 162 valence electrons. The maximum atomic E-state index is 12.3. The van der Waals surface area contributed by atoms with Crippen molar-refractivity contribution in [2.75, 3.05) is 27.3 Å². The number of ether oxygens (including phenoxy) is 2. The zero-order valence-corrected chi connectivity index (χ0v) is 19.3. The minimum atomic E-state index is -2.83. The van der Waals surface area contributed by atoms with E-state index in [4.69, 9.17) is 4.74 Å². The second-order valence-corrected chi connectivity index (χ2v) is 6.16. The van der Waals surface area contributed by atoms with Gasteiger partial charge in [0.2, 0.25) is 0 Å². The number of rotatable bonds is 9. The van der Waals surface area contributed by atoms with Gasteiger partial charge in [0.1, 0.15) is 18.1 Å². The maximum absolute atomic E-state index is 12.3. The zero-order valence-electron chi connectivity index (χ0n) is 16.9. The molecule has 0 unspecified atom stereocenters. The first-order valence-corrected chi connectivity index (χ1v) is 8.77. The van der Waals surface area contributed by atoms with Crippen molar-refractivity contribution in [3.8, 4) is 5.75 Å². The number of guanidine groups is 1. The summed E-state index contributed by atoms with van der Waals surface area (Å²) < 4.78 is 35.9. The SMILES string of the molecule is COCCNC(=NCc1nnc(C)n1C)N(C)Cc1ccc(OC(F)F)cc1.I. The number of benzene rings is 1. The first-order chi connectivity index (χ1) is 13.4. The number of aromatic nitrogens is 3. The highest BCUT2D eigenvalue weighted by atomic mass is 127. The van der Waals surface area contributed by atoms with Gasteiger partial charge in [0.05, 0.1) is 6.61 Å². The van der Waals surface area contributed by atoms with E-state index in [2.05, 4.69) is 25.2 Å². The molecule has 8 nitrogen and oxygen atoms in total. The van der Waals surface area contributed by atoms with Crippen LogP contribution in [0.1, 0.15) is 17.2 Å². The van der Waals surface area contributed by atoms with Crippen LogP contribution in [0.5, 0.6) is 5.75 Å². The normalized spacial score (nSPS) is 11.3. The van der Waals surface area contributed by atoms with Crippen molar-refractivity contribution >= 4 is 29.9 Å². The van der Waals surface area contributed by atoms with E-state index < -0.39 is 6.61 Å². The van der Waals surface area contributed by atoms with E-state index in [1.165, 1.54) is 12.1 Å². The highest BCUT2D eigenvalue weighted by molar-refractivity contribution is 14.0. The largest absolute Gasteiger partial charge is 0.435 e. The van der Waals surface area contributed by atoms with Crippen molar-refractivity contribution in [3.63, 3.8) is 0 Å². The van der Waals surface area contributed by atoms with Crippen LogP contribution in [0.15, 0.2) is 29.3 Å². The summed E-state index contributed by atoms with van der Waals surface area (Å²) in [6.07, 6.45) is 0. The molecule has 0 radical (unpaired) electrons. The number of aliphatic imine (C=N–C) groups is 1. The summed E-state index contributed by atoms with van der Waals surface area (Å²) >= 11 is 0. The first kappa shape index (κ1) is 25.0. The molecule has 1 heterocycles. The van der Waals surface area contributed by atoms with E-state index in [0.29, 0.717) is 32.2 Å². The van der Waals surface area contributed by atoms with Crippen molar-refractivity contribution in [1.29, 1.82) is 0 Å². The average Bonchev–Trinajstić information content (AvgIpc) is 2.97. The van der Waals surface area contributed by atoms with E-state index in [-0.39, 0.29) is 29.7 Å². The number of hydrogen-bond acceptors (Lipinski definition) is 5. The van der Waals surface area contributed by atoms with Gasteiger partial charge in [0.15, 0.2) is 11.8 Å². The number of aryl methyl sites for hydroxylation is 1. The number of alkyl halides is 2. The number of halogens is 3. The van der Waals surface area contributed by atoms with E-state index in [1.54, 1.807) is 19.2 Å². The fourth-order valence-electron chi connectivity index (χ4n) is 2.44. The lowest BCUT2D eigenvalue weighted by Gasteiger charge is -2.22. The summed E-state index contributed by atoms with van der Waals surface area (Å²) in [4.78, 5) is 6.55. The van der Waals surface area contributed by atoms with E-state index in [1.807, 2.05) is 30.5 Å². The fourth-order valence-corrected chi connectivity index (χ4v) is 2.44. The average molecular weight is 524 g/mol. The molecule has 11 heteroatoms. The van der Waals surface area contributed by atoms with Crippen molar-refractivity contribution in [3.05, 3.63) is 41.5 Å². The van der Waals surface area contributed by atoms with Gasteiger partial charge in [-0.3, -0.25) is 0 Å². The molecule has 29 heavy (non-hydrogen) atoms. The van der Waals surface area contributed by atoms with Crippen LogP contribution < -0.4 is 10.1 Å². The van der Waals surface area contributed by atoms with Gasteiger partial charge in [-0.15, -0.1) is 34.2 Å². The Labute approximate surface area is 186 Å². The molecular weight excluding hydrogens is 497 g/mol. The Morgan fingerprint density at radius 3 is 2.52 bits per heavy atom. The molecule has 0 fully saturated rings. The predicted octanol–water partition coefficient (Wildman–Crippen LogP) is 2.57.